The average molecular weight is 240 g/mol. The van der Waals surface area contributed by atoms with Crippen LogP contribution in [0.3, 0.4) is 0 Å². The summed E-state index contributed by atoms with van der Waals surface area (Å²) in [6.45, 7) is 5.39. The molecule has 0 saturated heterocycles. The van der Waals surface area contributed by atoms with Gasteiger partial charge in [0.25, 0.3) is 0 Å². The predicted octanol–water partition coefficient (Wildman–Crippen LogP) is 2.63. The standard InChI is InChI=1S/C11H20N4S/c1-8(2)5-4-6-13-10-7-9(12)14-11(15-10)16-3/h7-8H,4-6H2,1-3H3,(H3,12,13,14,15). The van der Waals surface area contributed by atoms with Crippen molar-refractivity contribution in [1.29, 1.82) is 0 Å². The molecule has 5 heteroatoms. The number of aromatic nitrogens is 2. The Morgan fingerprint density at radius 3 is 2.81 bits per heavy atom. The lowest BCUT2D eigenvalue weighted by molar-refractivity contribution is 0.566. The maximum Gasteiger partial charge on any atom is 0.191 e. The summed E-state index contributed by atoms with van der Waals surface area (Å²) in [4.78, 5) is 8.43. The van der Waals surface area contributed by atoms with E-state index >= 15 is 0 Å². The highest BCUT2D eigenvalue weighted by Crippen LogP contribution is 2.15. The Hall–Kier alpha value is -0.970. The number of nitrogens with zero attached hydrogens (tertiary/aromatic N) is 2. The third-order valence-electron chi connectivity index (χ3n) is 2.17. The van der Waals surface area contributed by atoms with Gasteiger partial charge in [-0.2, -0.15) is 0 Å². The van der Waals surface area contributed by atoms with Crippen molar-refractivity contribution < 1.29 is 0 Å². The van der Waals surface area contributed by atoms with E-state index in [1.54, 1.807) is 6.07 Å². The van der Waals surface area contributed by atoms with Crippen molar-refractivity contribution in [3.8, 4) is 0 Å². The van der Waals surface area contributed by atoms with Gasteiger partial charge in [0.15, 0.2) is 5.16 Å². The van der Waals surface area contributed by atoms with Crippen LogP contribution < -0.4 is 11.1 Å². The van der Waals surface area contributed by atoms with Crippen molar-refractivity contribution in [1.82, 2.24) is 9.97 Å². The smallest absolute Gasteiger partial charge is 0.191 e. The van der Waals surface area contributed by atoms with Gasteiger partial charge >= 0.3 is 0 Å². The van der Waals surface area contributed by atoms with Crippen molar-refractivity contribution in [3.63, 3.8) is 0 Å². The van der Waals surface area contributed by atoms with Crippen LogP contribution in [0.15, 0.2) is 11.2 Å². The molecule has 0 atom stereocenters. The third kappa shape index (κ3) is 4.70. The zero-order valence-corrected chi connectivity index (χ0v) is 11.0. The molecular formula is C11H20N4S. The lowest BCUT2D eigenvalue weighted by Gasteiger charge is -2.08. The molecule has 0 saturated carbocycles. The maximum atomic E-state index is 5.68. The van der Waals surface area contributed by atoms with Crippen LogP contribution in [0.2, 0.25) is 0 Å². The second kappa shape index (κ2) is 6.58. The van der Waals surface area contributed by atoms with E-state index in [4.69, 9.17) is 5.73 Å². The van der Waals surface area contributed by atoms with Crippen LogP contribution in [0.4, 0.5) is 11.6 Å². The van der Waals surface area contributed by atoms with Crippen molar-refractivity contribution in [2.45, 2.75) is 31.8 Å². The maximum absolute atomic E-state index is 5.68. The minimum Gasteiger partial charge on any atom is -0.383 e. The van der Waals surface area contributed by atoms with Gasteiger partial charge in [-0.05, 0) is 25.0 Å². The van der Waals surface area contributed by atoms with Gasteiger partial charge in [0.1, 0.15) is 11.6 Å². The number of nitrogens with one attached hydrogen (secondary N) is 1. The number of hydrogen-bond acceptors (Lipinski definition) is 5. The molecule has 0 unspecified atom stereocenters. The lowest BCUT2D eigenvalue weighted by atomic mass is 10.1. The van der Waals surface area contributed by atoms with Crippen molar-refractivity contribution >= 4 is 23.4 Å². The summed E-state index contributed by atoms with van der Waals surface area (Å²) in [7, 11) is 0. The van der Waals surface area contributed by atoms with Gasteiger partial charge in [-0.3, -0.25) is 0 Å². The first-order valence-corrected chi connectivity index (χ1v) is 6.76. The molecule has 16 heavy (non-hydrogen) atoms. The van der Waals surface area contributed by atoms with E-state index in [1.165, 1.54) is 18.2 Å². The van der Waals surface area contributed by atoms with Gasteiger partial charge < -0.3 is 11.1 Å². The zero-order valence-electron chi connectivity index (χ0n) is 10.2. The minimum atomic E-state index is 0.519. The summed E-state index contributed by atoms with van der Waals surface area (Å²) in [6.07, 6.45) is 4.32. The molecule has 0 spiro atoms. The van der Waals surface area contributed by atoms with E-state index in [0.717, 1.165) is 24.7 Å². The molecule has 0 aromatic carbocycles. The molecule has 3 N–H and O–H groups in total. The van der Waals surface area contributed by atoms with Crippen LogP contribution in [0.25, 0.3) is 0 Å². The molecule has 1 aromatic heterocycles. The molecular weight excluding hydrogens is 220 g/mol. The first kappa shape index (κ1) is 13.1. The van der Waals surface area contributed by atoms with E-state index in [-0.39, 0.29) is 0 Å². The number of hydrogen-bond donors (Lipinski definition) is 2. The number of thioether (sulfide) groups is 1. The summed E-state index contributed by atoms with van der Waals surface area (Å²) in [5.74, 6) is 2.09. The Balaban J connectivity index is 2.44. The Bertz CT molecular complexity index is 328. The zero-order chi connectivity index (χ0) is 12.0. The SMILES string of the molecule is CSc1nc(N)cc(NCCCC(C)C)n1. The molecule has 0 aliphatic rings. The van der Waals surface area contributed by atoms with E-state index in [2.05, 4.69) is 29.1 Å². The first-order valence-electron chi connectivity index (χ1n) is 5.54. The van der Waals surface area contributed by atoms with Crippen LogP contribution in [-0.2, 0) is 0 Å². The molecule has 1 aromatic rings. The highest BCUT2D eigenvalue weighted by atomic mass is 32.2. The molecule has 4 nitrogen and oxygen atoms in total. The van der Waals surface area contributed by atoms with E-state index < -0.39 is 0 Å². The van der Waals surface area contributed by atoms with Crippen LogP contribution in [-0.4, -0.2) is 22.8 Å². The largest absolute Gasteiger partial charge is 0.383 e. The van der Waals surface area contributed by atoms with Crippen LogP contribution in [0.5, 0.6) is 0 Å². The molecule has 0 aliphatic carbocycles. The Morgan fingerprint density at radius 2 is 2.19 bits per heavy atom. The summed E-state index contributed by atoms with van der Waals surface area (Å²) < 4.78 is 0. The highest BCUT2D eigenvalue weighted by Gasteiger charge is 2.01. The molecule has 90 valence electrons. The molecule has 1 heterocycles. The van der Waals surface area contributed by atoms with Crippen molar-refractivity contribution in [3.05, 3.63) is 6.07 Å². The van der Waals surface area contributed by atoms with Crippen molar-refractivity contribution in [2.75, 3.05) is 23.9 Å². The summed E-state index contributed by atoms with van der Waals surface area (Å²) >= 11 is 1.50. The number of nitrogen functional groups attached to an aromatic ring is 1. The fourth-order valence-corrected chi connectivity index (χ4v) is 1.74. The highest BCUT2D eigenvalue weighted by molar-refractivity contribution is 7.98. The van der Waals surface area contributed by atoms with Crippen molar-refractivity contribution in [2.24, 2.45) is 5.92 Å². The molecule has 0 fully saturated rings. The second-order valence-electron chi connectivity index (χ2n) is 4.13. The summed E-state index contributed by atoms with van der Waals surface area (Å²) in [5.41, 5.74) is 5.68. The second-order valence-corrected chi connectivity index (χ2v) is 4.90. The third-order valence-corrected chi connectivity index (χ3v) is 2.72. The lowest BCUT2D eigenvalue weighted by Crippen LogP contribution is -2.06. The minimum absolute atomic E-state index is 0.519. The quantitative estimate of drug-likeness (QED) is 0.454. The number of nitrogens with two attached hydrogens (primary N) is 1. The van der Waals surface area contributed by atoms with Gasteiger partial charge in [-0.15, -0.1) is 0 Å². The predicted molar refractivity (Wildman–Crippen MR) is 70.8 cm³/mol. The first-order chi connectivity index (χ1) is 7.61. The number of anilines is 2. The van der Waals surface area contributed by atoms with Gasteiger partial charge in [-0.1, -0.05) is 25.6 Å². The monoisotopic (exact) mass is 240 g/mol. The summed E-state index contributed by atoms with van der Waals surface area (Å²) in [6, 6.07) is 1.77. The molecule has 0 bridgehead atoms. The molecule has 0 amide bonds. The molecule has 1 rings (SSSR count). The van der Waals surface area contributed by atoms with Crippen LogP contribution in [0.1, 0.15) is 26.7 Å². The summed E-state index contributed by atoms with van der Waals surface area (Å²) in [5, 5.41) is 3.99. The van der Waals surface area contributed by atoms with Crippen LogP contribution in [0, 0.1) is 5.92 Å². The Kier molecular flexibility index (Phi) is 5.38. The van der Waals surface area contributed by atoms with Gasteiger partial charge in [0, 0.05) is 12.6 Å². The van der Waals surface area contributed by atoms with Gasteiger partial charge in [0.2, 0.25) is 0 Å². The Labute approximate surface area is 101 Å². The molecule has 0 aliphatic heterocycles. The topological polar surface area (TPSA) is 63.8 Å². The van der Waals surface area contributed by atoms with E-state index in [9.17, 15) is 0 Å². The fraction of sp³-hybridized carbons (Fsp3) is 0.636. The normalized spacial score (nSPS) is 10.8. The van der Waals surface area contributed by atoms with E-state index in [0.29, 0.717) is 11.0 Å². The fourth-order valence-electron chi connectivity index (χ4n) is 1.35. The number of rotatable bonds is 6. The van der Waals surface area contributed by atoms with Gasteiger partial charge in [-0.25, -0.2) is 9.97 Å². The van der Waals surface area contributed by atoms with Crippen LogP contribution >= 0.6 is 11.8 Å². The molecule has 0 radical (unpaired) electrons. The van der Waals surface area contributed by atoms with E-state index in [1.807, 2.05) is 6.26 Å². The Morgan fingerprint density at radius 1 is 1.44 bits per heavy atom. The average Bonchev–Trinajstić information content (AvgIpc) is 2.23. The van der Waals surface area contributed by atoms with Gasteiger partial charge in [0.05, 0.1) is 0 Å².